The topological polar surface area (TPSA) is 63.0 Å². The molecule has 0 fully saturated rings. The van der Waals surface area contributed by atoms with E-state index in [0.717, 1.165) is 11.3 Å². The zero-order valence-corrected chi connectivity index (χ0v) is 15.2. The highest BCUT2D eigenvalue weighted by Crippen LogP contribution is 2.22. The number of nitrogens with zero attached hydrogens (tertiary/aromatic N) is 1. The van der Waals surface area contributed by atoms with Gasteiger partial charge in [0.2, 0.25) is 11.8 Å². The average molecular weight is 329 g/mol. The fourth-order valence-electron chi connectivity index (χ4n) is 2.98. The van der Waals surface area contributed by atoms with Gasteiger partial charge in [-0.1, -0.05) is 0 Å². The highest BCUT2D eigenvalue weighted by atomic mass is 16.5. The van der Waals surface area contributed by atoms with Gasteiger partial charge < -0.3 is 9.72 Å². The molecule has 0 saturated heterocycles. The van der Waals surface area contributed by atoms with E-state index in [1.165, 1.54) is 0 Å². The number of ketones is 1. The predicted octanol–water partition coefficient (Wildman–Crippen LogP) is 3.16. The van der Waals surface area contributed by atoms with E-state index in [9.17, 15) is 9.59 Å². The van der Waals surface area contributed by atoms with Gasteiger partial charge in [0.05, 0.1) is 17.9 Å². The number of carbonyl (C=O) groups is 2. The van der Waals surface area contributed by atoms with Crippen LogP contribution in [-0.2, 0) is 4.74 Å². The fraction of sp³-hybridized carbons (Fsp3) is 0.421. The fourth-order valence-corrected chi connectivity index (χ4v) is 2.98. The number of H-pyrrole nitrogens is 1. The molecule has 24 heavy (non-hydrogen) atoms. The van der Waals surface area contributed by atoms with Gasteiger partial charge in [-0.15, -0.1) is 0 Å². The first kappa shape index (κ1) is 17.9. The van der Waals surface area contributed by atoms with Crippen LogP contribution in [0.1, 0.15) is 63.3 Å². The molecule has 0 aliphatic rings. The van der Waals surface area contributed by atoms with Crippen molar-refractivity contribution in [3.63, 3.8) is 0 Å². The molecule has 128 valence electrons. The lowest BCUT2D eigenvalue weighted by Crippen LogP contribution is -2.45. The lowest BCUT2D eigenvalue weighted by molar-refractivity contribution is -0.710. The third-order valence-electron chi connectivity index (χ3n) is 4.51. The summed E-state index contributed by atoms with van der Waals surface area (Å²) >= 11 is 0. The van der Waals surface area contributed by atoms with E-state index in [1.807, 2.05) is 43.7 Å². The van der Waals surface area contributed by atoms with Crippen molar-refractivity contribution in [2.45, 2.75) is 47.6 Å². The number of hydrogen-bond acceptors (Lipinski definition) is 3. The van der Waals surface area contributed by atoms with Gasteiger partial charge in [-0.05, 0) is 39.3 Å². The summed E-state index contributed by atoms with van der Waals surface area (Å²) < 4.78 is 7.04. The van der Waals surface area contributed by atoms with Gasteiger partial charge in [-0.2, -0.15) is 4.57 Å². The second-order valence-corrected chi connectivity index (χ2v) is 6.07. The van der Waals surface area contributed by atoms with E-state index in [1.54, 1.807) is 20.8 Å². The van der Waals surface area contributed by atoms with Crippen LogP contribution in [0.15, 0.2) is 18.3 Å². The SMILES string of the molecule is CCOC(=O)c1c(C)[nH]c(C(=O)[C@@H](C)[n+]2cccc(C)c2C)c1C. The van der Waals surface area contributed by atoms with Crippen LogP contribution in [0.5, 0.6) is 0 Å². The number of Topliss-reactive ketones (excluding diaryl/α,β-unsaturated/α-hetero) is 1. The second kappa shape index (κ2) is 6.99. The normalized spacial score (nSPS) is 12.1. The van der Waals surface area contributed by atoms with Crippen molar-refractivity contribution in [3.05, 3.63) is 52.1 Å². The van der Waals surface area contributed by atoms with E-state index in [4.69, 9.17) is 4.74 Å². The largest absolute Gasteiger partial charge is 0.462 e. The summed E-state index contributed by atoms with van der Waals surface area (Å²) in [6.07, 6.45) is 1.91. The maximum absolute atomic E-state index is 13.0. The molecule has 0 aliphatic heterocycles. The zero-order valence-electron chi connectivity index (χ0n) is 15.2. The molecule has 0 aromatic carbocycles. The minimum atomic E-state index is -0.394. The first-order valence-electron chi connectivity index (χ1n) is 8.17. The number of ether oxygens (including phenoxy) is 1. The monoisotopic (exact) mass is 329 g/mol. The second-order valence-electron chi connectivity index (χ2n) is 6.07. The van der Waals surface area contributed by atoms with Crippen LogP contribution < -0.4 is 4.57 Å². The molecule has 1 N–H and O–H groups in total. The number of esters is 1. The summed E-state index contributed by atoms with van der Waals surface area (Å²) in [7, 11) is 0. The molecule has 2 aromatic heterocycles. The number of carbonyl (C=O) groups excluding carboxylic acids is 2. The number of aromatic amines is 1. The molecule has 0 spiro atoms. The minimum absolute atomic E-state index is 0.0511. The number of hydrogen-bond donors (Lipinski definition) is 1. The van der Waals surface area contributed by atoms with E-state index >= 15 is 0 Å². The van der Waals surface area contributed by atoms with E-state index in [0.29, 0.717) is 29.1 Å². The minimum Gasteiger partial charge on any atom is -0.462 e. The van der Waals surface area contributed by atoms with Gasteiger partial charge in [-0.3, -0.25) is 4.79 Å². The summed E-state index contributed by atoms with van der Waals surface area (Å²) in [5, 5.41) is 0. The van der Waals surface area contributed by atoms with Gasteiger partial charge in [0, 0.05) is 31.2 Å². The first-order valence-corrected chi connectivity index (χ1v) is 8.17. The number of aryl methyl sites for hydroxylation is 2. The lowest BCUT2D eigenvalue weighted by Gasteiger charge is -2.10. The summed E-state index contributed by atoms with van der Waals surface area (Å²) in [5.74, 6) is -0.445. The molecule has 5 heteroatoms. The smallest absolute Gasteiger partial charge is 0.340 e. The van der Waals surface area contributed by atoms with Crippen LogP contribution in [0, 0.1) is 27.7 Å². The van der Waals surface area contributed by atoms with Crippen LogP contribution >= 0.6 is 0 Å². The summed E-state index contributed by atoms with van der Waals surface area (Å²) in [6.45, 7) is 11.5. The number of aromatic nitrogens is 2. The maximum Gasteiger partial charge on any atom is 0.340 e. The molecule has 5 nitrogen and oxygen atoms in total. The highest BCUT2D eigenvalue weighted by Gasteiger charge is 2.31. The maximum atomic E-state index is 13.0. The Kier molecular flexibility index (Phi) is 5.22. The molecule has 0 amide bonds. The molecule has 0 saturated carbocycles. The van der Waals surface area contributed by atoms with Crippen LogP contribution in [0.25, 0.3) is 0 Å². The third-order valence-corrected chi connectivity index (χ3v) is 4.51. The molecule has 0 radical (unpaired) electrons. The van der Waals surface area contributed by atoms with E-state index in [-0.39, 0.29) is 11.8 Å². The van der Waals surface area contributed by atoms with Crippen LogP contribution in [0.3, 0.4) is 0 Å². The first-order chi connectivity index (χ1) is 11.3. The molecule has 2 aromatic rings. The standard InChI is InChI=1S/C19H24N2O3/c1-7-24-19(23)16-12(3)17(20-13(16)4)18(22)15(6)21-10-8-9-11(2)14(21)5/h8-10,15H,7H2,1-6H3/p+1/t15-/m1/s1. The molecule has 2 heterocycles. The van der Waals surface area contributed by atoms with Crippen molar-refractivity contribution < 1.29 is 18.9 Å². The highest BCUT2D eigenvalue weighted by molar-refractivity contribution is 6.02. The van der Waals surface area contributed by atoms with Gasteiger partial charge in [-0.25, -0.2) is 4.79 Å². The Hall–Kier alpha value is -2.43. The van der Waals surface area contributed by atoms with Crippen molar-refractivity contribution in [2.75, 3.05) is 6.61 Å². The molecule has 0 bridgehead atoms. The zero-order chi connectivity index (χ0) is 18.0. The Bertz CT molecular complexity index is 790. The number of rotatable bonds is 5. The molecule has 1 atom stereocenters. The molecule has 0 aliphatic carbocycles. The summed E-state index contributed by atoms with van der Waals surface area (Å²) in [5.41, 5.74) is 4.41. The van der Waals surface area contributed by atoms with Crippen LogP contribution in [0.4, 0.5) is 0 Å². The predicted molar refractivity (Wildman–Crippen MR) is 91.4 cm³/mol. The third kappa shape index (κ3) is 3.11. The van der Waals surface area contributed by atoms with E-state index in [2.05, 4.69) is 4.98 Å². The van der Waals surface area contributed by atoms with Gasteiger partial charge in [0.15, 0.2) is 11.9 Å². The number of nitrogens with one attached hydrogen (secondary N) is 1. The van der Waals surface area contributed by atoms with Gasteiger partial charge >= 0.3 is 5.97 Å². The van der Waals surface area contributed by atoms with Crippen molar-refractivity contribution in [2.24, 2.45) is 0 Å². The van der Waals surface area contributed by atoms with Crippen molar-refractivity contribution >= 4 is 11.8 Å². The number of pyridine rings is 1. The Morgan fingerprint density at radius 3 is 2.54 bits per heavy atom. The van der Waals surface area contributed by atoms with Gasteiger partial charge in [0.1, 0.15) is 0 Å². The quantitative estimate of drug-likeness (QED) is 0.521. The summed E-state index contributed by atoms with van der Waals surface area (Å²) in [4.78, 5) is 28.1. The Balaban J connectivity index is 2.42. The van der Waals surface area contributed by atoms with Crippen molar-refractivity contribution in [1.29, 1.82) is 0 Å². The van der Waals surface area contributed by atoms with Gasteiger partial charge in [0.25, 0.3) is 0 Å². The molecular weight excluding hydrogens is 304 g/mol. The molecular formula is C19H25N2O3+. The van der Waals surface area contributed by atoms with Crippen LogP contribution in [-0.4, -0.2) is 23.3 Å². The Labute approximate surface area is 142 Å². The molecule has 2 rings (SSSR count). The Morgan fingerprint density at radius 2 is 1.92 bits per heavy atom. The molecule has 0 unspecified atom stereocenters. The van der Waals surface area contributed by atoms with E-state index < -0.39 is 5.97 Å². The van der Waals surface area contributed by atoms with Crippen molar-refractivity contribution in [3.8, 4) is 0 Å². The van der Waals surface area contributed by atoms with Crippen molar-refractivity contribution in [1.82, 2.24) is 4.98 Å². The Morgan fingerprint density at radius 1 is 1.25 bits per heavy atom. The lowest BCUT2D eigenvalue weighted by atomic mass is 10.0. The average Bonchev–Trinajstić information content (AvgIpc) is 2.83. The summed E-state index contributed by atoms with van der Waals surface area (Å²) in [6, 6.07) is 3.59. The van der Waals surface area contributed by atoms with Crippen LogP contribution in [0.2, 0.25) is 0 Å².